The summed E-state index contributed by atoms with van der Waals surface area (Å²) in [5.41, 5.74) is 7.39. The van der Waals surface area contributed by atoms with E-state index in [2.05, 4.69) is 21.0 Å². The van der Waals surface area contributed by atoms with Gasteiger partial charge in [-0.1, -0.05) is 6.07 Å². The number of hydrazine groups is 2. The summed E-state index contributed by atoms with van der Waals surface area (Å²) in [6.07, 6.45) is 4.39. The lowest BCUT2D eigenvalue weighted by Gasteiger charge is -2.16. The Bertz CT molecular complexity index is 256. The average Bonchev–Trinajstić information content (AvgIpc) is 2.72. The van der Waals surface area contributed by atoms with E-state index in [1.807, 2.05) is 24.4 Å². The van der Waals surface area contributed by atoms with Crippen LogP contribution in [0, 0.1) is 0 Å². The molecule has 1 fully saturated rings. The molecule has 0 radical (unpaired) electrons. The van der Waals surface area contributed by atoms with Gasteiger partial charge in [0.2, 0.25) is 0 Å². The Morgan fingerprint density at radius 2 is 2.14 bits per heavy atom. The highest BCUT2D eigenvalue weighted by Gasteiger charge is 2.09. The summed E-state index contributed by atoms with van der Waals surface area (Å²) in [6.45, 7) is 3.03. The van der Waals surface area contributed by atoms with E-state index in [9.17, 15) is 0 Å². The van der Waals surface area contributed by atoms with E-state index in [0.29, 0.717) is 0 Å². The van der Waals surface area contributed by atoms with Gasteiger partial charge in [0.25, 0.3) is 0 Å². The van der Waals surface area contributed by atoms with Crippen LogP contribution in [0.15, 0.2) is 24.4 Å². The minimum Gasteiger partial charge on any atom is -0.260 e. The predicted octanol–water partition coefficient (Wildman–Crippen LogP) is 0.687. The molecule has 14 heavy (non-hydrogen) atoms. The summed E-state index contributed by atoms with van der Waals surface area (Å²) < 4.78 is 0. The highest BCUT2D eigenvalue weighted by atomic mass is 15.7. The van der Waals surface area contributed by atoms with Crippen LogP contribution >= 0.6 is 0 Å². The largest absolute Gasteiger partial charge is 0.260 e. The number of nitrogens with zero attached hydrogens (tertiary/aromatic N) is 2. The van der Waals surface area contributed by atoms with E-state index < -0.39 is 0 Å². The number of aromatic nitrogens is 1. The average molecular weight is 192 g/mol. The Morgan fingerprint density at radius 3 is 2.86 bits per heavy atom. The summed E-state index contributed by atoms with van der Waals surface area (Å²) in [5.74, 6) is 0. The SMILES string of the molecule is c1ccc(CNNN2CCCC2)nc1. The second kappa shape index (κ2) is 5.05. The van der Waals surface area contributed by atoms with Gasteiger partial charge in [-0.2, -0.15) is 5.53 Å². The second-order valence-electron chi connectivity index (χ2n) is 3.48. The molecule has 4 heteroatoms. The third-order valence-corrected chi connectivity index (χ3v) is 2.34. The first-order valence-electron chi connectivity index (χ1n) is 5.08. The Kier molecular flexibility index (Phi) is 3.45. The van der Waals surface area contributed by atoms with Gasteiger partial charge in [0, 0.05) is 19.3 Å². The van der Waals surface area contributed by atoms with Gasteiger partial charge >= 0.3 is 0 Å². The van der Waals surface area contributed by atoms with E-state index in [1.165, 1.54) is 12.8 Å². The monoisotopic (exact) mass is 192 g/mol. The second-order valence-corrected chi connectivity index (χ2v) is 3.48. The van der Waals surface area contributed by atoms with E-state index in [4.69, 9.17) is 0 Å². The van der Waals surface area contributed by atoms with Crippen molar-refractivity contribution in [1.82, 2.24) is 21.0 Å². The molecular weight excluding hydrogens is 176 g/mol. The molecule has 0 atom stereocenters. The van der Waals surface area contributed by atoms with Crippen LogP contribution in [0.4, 0.5) is 0 Å². The van der Waals surface area contributed by atoms with Crippen molar-refractivity contribution in [3.05, 3.63) is 30.1 Å². The molecule has 1 aromatic heterocycles. The van der Waals surface area contributed by atoms with Crippen LogP contribution in [0.25, 0.3) is 0 Å². The Hall–Kier alpha value is -0.970. The molecule has 0 bridgehead atoms. The molecule has 0 unspecified atom stereocenters. The first kappa shape index (κ1) is 9.58. The normalized spacial score (nSPS) is 17.4. The third-order valence-electron chi connectivity index (χ3n) is 2.34. The molecule has 0 amide bonds. The first-order valence-corrected chi connectivity index (χ1v) is 5.08. The lowest BCUT2D eigenvalue weighted by molar-refractivity contribution is 0.189. The molecule has 1 aromatic rings. The standard InChI is InChI=1S/C10H16N4/c1-2-6-11-10(5-1)9-12-13-14-7-3-4-8-14/h1-2,5-6,12-13H,3-4,7-9H2. The van der Waals surface area contributed by atoms with E-state index in [1.54, 1.807) is 0 Å². The molecule has 1 saturated heterocycles. The van der Waals surface area contributed by atoms with E-state index in [0.717, 1.165) is 25.3 Å². The van der Waals surface area contributed by atoms with Gasteiger partial charge in [-0.05, 0) is 25.0 Å². The molecule has 0 saturated carbocycles. The molecule has 2 N–H and O–H groups in total. The van der Waals surface area contributed by atoms with Crippen molar-refractivity contribution in [1.29, 1.82) is 0 Å². The predicted molar refractivity (Wildman–Crippen MR) is 55.0 cm³/mol. The summed E-state index contributed by atoms with van der Waals surface area (Å²) in [5, 5.41) is 2.20. The van der Waals surface area contributed by atoms with Crippen molar-refractivity contribution in [2.24, 2.45) is 0 Å². The van der Waals surface area contributed by atoms with E-state index >= 15 is 0 Å². The molecule has 0 aromatic carbocycles. The minimum atomic E-state index is 0.761. The molecule has 2 rings (SSSR count). The van der Waals surface area contributed by atoms with Gasteiger partial charge in [-0.25, -0.2) is 10.4 Å². The molecule has 76 valence electrons. The number of hydrogen-bond donors (Lipinski definition) is 2. The molecule has 0 aliphatic carbocycles. The van der Waals surface area contributed by atoms with Gasteiger partial charge in [0.15, 0.2) is 0 Å². The number of pyridine rings is 1. The maximum Gasteiger partial charge on any atom is 0.0556 e. The van der Waals surface area contributed by atoms with Gasteiger partial charge in [0.1, 0.15) is 0 Å². The fourth-order valence-electron chi connectivity index (χ4n) is 1.57. The molecule has 4 nitrogen and oxygen atoms in total. The van der Waals surface area contributed by atoms with Crippen molar-refractivity contribution in [3.63, 3.8) is 0 Å². The van der Waals surface area contributed by atoms with Gasteiger partial charge in [0.05, 0.1) is 12.2 Å². The molecule has 0 spiro atoms. The molecule has 1 aliphatic heterocycles. The van der Waals surface area contributed by atoms with Crippen molar-refractivity contribution in [2.45, 2.75) is 19.4 Å². The molecule has 2 heterocycles. The van der Waals surface area contributed by atoms with Crippen molar-refractivity contribution >= 4 is 0 Å². The number of hydrogen-bond acceptors (Lipinski definition) is 4. The lowest BCUT2D eigenvalue weighted by Crippen LogP contribution is -2.44. The van der Waals surface area contributed by atoms with Crippen LogP contribution in [-0.2, 0) is 6.54 Å². The Morgan fingerprint density at radius 1 is 1.29 bits per heavy atom. The maximum atomic E-state index is 4.22. The van der Waals surface area contributed by atoms with Gasteiger partial charge < -0.3 is 0 Å². The smallest absolute Gasteiger partial charge is 0.0556 e. The van der Waals surface area contributed by atoms with Crippen LogP contribution in [0.1, 0.15) is 18.5 Å². The maximum absolute atomic E-state index is 4.22. The van der Waals surface area contributed by atoms with Crippen LogP contribution in [0.2, 0.25) is 0 Å². The highest BCUT2D eigenvalue weighted by molar-refractivity contribution is 5.02. The topological polar surface area (TPSA) is 40.2 Å². The number of rotatable bonds is 4. The van der Waals surface area contributed by atoms with Crippen molar-refractivity contribution in [2.75, 3.05) is 13.1 Å². The summed E-state index contributed by atoms with van der Waals surface area (Å²) >= 11 is 0. The summed E-state index contributed by atoms with van der Waals surface area (Å²) in [4.78, 5) is 4.22. The quantitative estimate of drug-likeness (QED) is 0.688. The van der Waals surface area contributed by atoms with Gasteiger partial charge in [-0.15, -0.1) is 0 Å². The summed E-state index contributed by atoms with van der Waals surface area (Å²) in [7, 11) is 0. The lowest BCUT2D eigenvalue weighted by atomic mass is 10.4. The van der Waals surface area contributed by atoms with Crippen LogP contribution in [0.3, 0.4) is 0 Å². The van der Waals surface area contributed by atoms with Crippen LogP contribution < -0.4 is 11.0 Å². The van der Waals surface area contributed by atoms with Crippen LogP contribution in [0.5, 0.6) is 0 Å². The zero-order chi connectivity index (χ0) is 9.64. The van der Waals surface area contributed by atoms with Gasteiger partial charge in [-0.3, -0.25) is 4.98 Å². The van der Waals surface area contributed by atoms with Crippen LogP contribution in [-0.4, -0.2) is 23.1 Å². The third kappa shape index (κ3) is 2.77. The fraction of sp³-hybridized carbons (Fsp3) is 0.500. The summed E-state index contributed by atoms with van der Waals surface area (Å²) in [6, 6.07) is 5.94. The van der Waals surface area contributed by atoms with Crippen molar-refractivity contribution in [3.8, 4) is 0 Å². The number of nitrogens with one attached hydrogen (secondary N) is 2. The Labute approximate surface area is 84.3 Å². The zero-order valence-corrected chi connectivity index (χ0v) is 8.24. The van der Waals surface area contributed by atoms with Crippen molar-refractivity contribution < 1.29 is 0 Å². The zero-order valence-electron chi connectivity index (χ0n) is 8.24. The fourth-order valence-corrected chi connectivity index (χ4v) is 1.57. The Balaban J connectivity index is 1.67. The van der Waals surface area contributed by atoms with E-state index in [-0.39, 0.29) is 0 Å². The molecule has 1 aliphatic rings. The first-order chi connectivity index (χ1) is 6.95. The highest BCUT2D eigenvalue weighted by Crippen LogP contribution is 2.02. The minimum absolute atomic E-state index is 0.761. The molecular formula is C10H16N4.